The van der Waals surface area contributed by atoms with Crippen molar-refractivity contribution in [1.29, 1.82) is 0 Å². The van der Waals surface area contributed by atoms with Crippen LogP contribution in [-0.4, -0.2) is 21.1 Å². The van der Waals surface area contributed by atoms with Gasteiger partial charge in [0.05, 0.1) is 18.3 Å². The van der Waals surface area contributed by atoms with E-state index in [2.05, 4.69) is 33.3 Å². The monoisotopic (exact) mass is 286 g/mol. The lowest BCUT2D eigenvalue weighted by Crippen LogP contribution is -2.11. The van der Waals surface area contributed by atoms with Crippen LogP contribution in [0.15, 0.2) is 24.4 Å². The molecule has 2 heterocycles. The smallest absolute Gasteiger partial charge is 0.226 e. The number of nitrogens with zero attached hydrogens (tertiary/aromatic N) is 3. The largest absolute Gasteiger partial charge is 0.475 e. The average molecular weight is 286 g/mol. The number of pyridine rings is 1. The molecule has 0 amide bonds. The van der Waals surface area contributed by atoms with E-state index in [9.17, 15) is 0 Å². The van der Waals surface area contributed by atoms with Gasteiger partial charge in [-0.1, -0.05) is 13.0 Å². The SMILES string of the molecule is CCc1cccnc1CNc1nc(C)cc(OC(C)C)n1. The van der Waals surface area contributed by atoms with E-state index in [1.165, 1.54) is 5.56 Å². The zero-order chi connectivity index (χ0) is 15.2. The van der Waals surface area contributed by atoms with Gasteiger partial charge in [0.25, 0.3) is 0 Å². The maximum atomic E-state index is 5.63. The highest BCUT2D eigenvalue weighted by atomic mass is 16.5. The van der Waals surface area contributed by atoms with Crippen LogP contribution in [0.5, 0.6) is 5.88 Å². The number of anilines is 1. The third-order valence-electron chi connectivity index (χ3n) is 2.97. The lowest BCUT2D eigenvalue weighted by molar-refractivity contribution is 0.232. The first-order valence-corrected chi connectivity index (χ1v) is 7.27. The van der Waals surface area contributed by atoms with Crippen LogP contribution >= 0.6 is 0 Å². The van der Waals surface area contributed by atoms with Gasteiger partial charge in [-0.25, -0.2) is 4.98 Å². The number of nitrogens with one attached hydrogen (secondary N) is 1. The van der Waals surface area contributed by atoms with Crippen molar-refractivity contribution < 1.29 is 4.74 Å². The Morgan fingerprint density at radius 3 is 2.81 bits per heavy atom. The highest BCUT2D eigenvalue weighted by Crippen LogP contribution is 2.15. The molecule has 0 aliphatic carbocycles. The molecule has 0 fully saturated rings. The fourth-order valence-electron chi connectivity index (χ4n) is 2.04. The van der Waals surface area contributed by atoms with Crippen LogP contribution < -0.4 is 10.1 Å². The van der Waals surface area contributed by atoms with Gasteiger partial charge >= 0.3 is 0 Å². The van der Waals surface area contributed by atoms with Gasteiger partial charge in [-0.05, 0) is 38.8 Å². The van der Waals surface area contributed by atoms with Crippen molar-refractivity contribution in [2.24, 2.45) is 0 Å². The summed E-state index contributed by atoms with van der Waals surface area (Å²) in [6.45, 7) is 8.61. The topological polar surface area (TPSA) is 59.9 Å². The van der Waals surface area contributed by atoms with Gasteiger partial charge in [0.1, 0.15) is 0 Å². The van der Waals surface area contributed by atoms with Crippen molar-refractivity contribution in [3.63, 3.8) is 0 Å². The molecule has 0 aromatic carbocycles. The molecule has 112 valence electrons. The van der Waals surface area contributed by atoms with Crippen LogP contribution in [0.2, 0.25) is 0 Å². The number of aryl methyl sites for hydroxylation is 2. The second-order valence-corrected chi connectivity index (χ2v) is 5.15. The Balaban J connectivity index is 2.10. The Labute approximate surface area is 125 Å². The summed E-state index contributed by atoms with van der Waals surface area (Å²) < 4.78 is 5.63. The van der Waals surface area contributed by atoms with Crippen molar-refractivity contribution in [3.05, 3.63) is 41.3 Å². The first-order valence-electron chi connectivity index (χ1n) is 7.27. The van der Waals surface area contributed by atoms with E-state index in [-0.39, 0.29) is 6.10 Å². The summed E-state index contributed by atoms with van der Waals surface area (Å²) in [6, 6.07) is 5.89. The third-order valence-corrected chi connectivity index (χ3v) is 2.97. The fourth-order valence-corrected chi connectivity index (χ4v) is 2.04. The molecule has 0 unspecified atom stereocenters. The third kappa shape index (κ3) is 4.41. The second kappa shape index (κ2) is 7.02. The van der Waals surface area contributed by atoms with E-state index in [4.69, 9.17) is 4.74 Å². The first kappa shape index (κ1) is 15.2. The van der Waals surface area contributed by atoms with Crippen molar-refractivity contribution >= 4 is 5.95 Å². The van der Waals surface area contributed by atoms with E-state index in [0.29, 0.717) is 18.4 Å². The first-order chi connectivity index (χ1) is 10.1. The predicted molar refractivity (Wildman–Crippen MR) is 83.5 cm³/mol. The summed E-state index contributed by atoms with van der Waals surface area (Å²) >= 11 is 0. The highest BCUT2D eigenvalue weighted by molar-refractivity contribution is 5.32. The Hall–Kier alpha value is -2.17. The van der Waals surface area contributed by atoms with Crippen molar-refractivity contribution in [3.8, 4) is 5.88 Å². The minimum atomic E-state index is 0.0923. The number of hydrogen-bond acceptors (Lipinski definition) is 5. The molecule has 21 heavy (non-hydrogen) atoms. The Morgan fingerprint density at radius 2 is 2.10 bits per heavy atom. The van der Waals surface area contributed by atoms with Crippen LogP contribution in [0, 0.1) is 6.92 Å². The molecule has 2 rings (SSSR count). The Morgan fingerprint density at radius 1 is 1.29 bits per heavy atom. The molecule has 5 heteroatoms. The van der Waals surface area contributed by atoms with Gasteiger partial charge in [0, 0.05) is 18.0 Å². The van der Waals surface area contributed by atoms with Crippen molar-refractivity contribution in [2.75, 3.05) is 5.32 Å². The van der Waals surface area contributed by atoms with Crippen molar-refractivity contribution in [2.45, 2.75) is 46.8 Å². The second-order valence-electron chi connectivity index (χ2n) is 5.15. The van der Waals surface area contributed by atoms with Gasteiger partial charge in [-0.3, -0.25) is 4.98 Å². The number of hydrogen-bond donors (Lipinski definition) is 1. The zero-order valence-corrected chi connectivity index (χ0v) is 13.1. The Kier molecular flexibility index (Phi) is 5.09. The summed E-state index contributed by atoms with van der Waals surface area (Å²) in [6.07, 6.45) is 2.86. The molecule has 2 aromatic rings. The van der Waals surface area contributed by atoms with Crippen molar-refractivity contribution in [1.82, 2.24) is 15.0 Å². The standard InChI is InChI=1S/C16H22N4O/c1-5-13-7-6-8-17-14(13)10-18-16-19-12(4)9-15(20-16)21-11(2)3/h6-9,11H,5,10H2,1-4H3,(H,18,19,20). The summed E-state index contributed by atoms with van der Waals surface area (Å²) in [4.78, 5) is 13.2. The summed E-state index contributed by atoms with van der Waals surface area (Å²) in [5.74, 6) is 1.16. The van der Waals surface area contributed by atoms with Gasteiger partial charge < -0.3 is 10.1 Å². The van der Waals surface area contributed by atoms with E-state index in [1.54, 1.807) is 6.20 Å². The van der Waals surface area contributed by atoms with E-state index in [0.717, 1.165) is 17.8 Å². The molecule has 0 atom stereocenters. The van der Waals surface area contributed by atoms with Crippen LogP contribution in [0.25, 0.3) is 0 Å². The molecule has 0 saturated heterocycles. The number of aromatic nitrogens is 3. The molecule has 0 saturated carbocycles. The minimum Gasteiger partial charge on any atom is -0.475 e. The highest BCUT2D eigenvalue weighted by Gasteiger charge is 2.06. The van der Waals surface area contributed by atoms with Crippen LogP contribution in [0.4, 0.5) is 5.95 Å². The molecule has 0 aliphatic heterocycles. The van der Waals surface area contributed by atoms with E-state index >= 15 is 0 Å². The molecule has 0 radical (unpaired) electrons. The Bertz CT molecular complexity index is 599. The predicted octanol–water partition coefficient (Wildman–Crippen LogP) is 3.14. The fraction of sp³-hybridized carbons (Fsp3) is 0.438. The number of ether oxygens (including phenoxy) is 1. The quantitative estimate of drug-likeness (QED) is 0.884. The van der Waals surface area contributed by atoms with E-state index in [1.807, 2.05) is 32.9 Å². The summed E-state index contributed by atoms with van der Waals surface area (Å²) in [5.41, 5.74) is 3.13. The molecule has 5 nitrogen and oxygen atoms in total. The molecule has 0 bridgehead atoms. The zero-order valence-electron chi connectivity index (χ0n) is 13.1. The number of rotatable bonds is 6. The minimum absolute atomic E-state index is 0.0923. The van der Waals surface area contributed by atoms with Crippen LogP contribution in [-0.2, 0) is 13.0 Å². The molecule has 0 aliphatic rings. The van der Waals surface area contributed by atoms with Gasteiger partial charge in [0.15, 0.2) is 0 Å². The molecule has 1 N–H and O–H groups in total. The van der Waals surface area contributed by atoms with Crippen LogP contribution in [0.1, 0.15) is 37.7 Å². The molecular formula is C16H22N4O. The lowest BCUT2D eigenvalue weighted by Gasteiger charge is -2.12. The molecule has 2 aromatic heterocycles. The van der Waals surface area contributed by atoms with Gasteiger partial charge in [0.2, 0.25) is 11.8 Å². The summed E-state index contributed by atoms with van der Waals surface area (Å²) in [5, 5.41) is 3.23. The average Bonchev–Trinajstić information content (AvgIpc) is 2.44. The van der Waals surface area contributed by atoms with E-state index < -0.39 is 0 Å². The van der Waals surface area contributed by atoms with Gasteiger partial charge in [-0.2, -0.15) is 4.98 Å². The maximum Gasteiger partial charge on any atom is 0.226 e. The normalized spacial score (nSPS) is 10.7. The molecular weight excluding hydrogens is 264 g/mol. The molecule has 0 spiro atoms. The van der Waals surface area contributed by atoms with Crippen LogP contribution in [0.3, 0.4) is 0 Å². The summed E-state index contributed by atoms with van der Waals surface area (Å²) in [7, 11) is 0. The van der Waals surface area contributed by atoms with Gasteiger partial charge in [-0.15, -0.1) is 0 Å². The maximum absolute atomic E-state index is 5.63. The lowest BCUT2D eigenvalue weighted by atomic mass is 10.1.